The SMILES string of the molecule is C=C(C)C(=O)NC1=NC(=Cc2[nH]c(NC(=O)C(C)SC(COC=O)OCO)c(C(=O)OC3C(C)CC(C)CC3C)c2-c2ccccc2)C(c2ccccc2)=C1C(=O)OC1C(C)CC(C)CC1C. The second-order valence-electron chi connectivity index (χ2n) is 18.6. The van der Waals surface area contributed by atoms with Gasteiger partial charge in [-0.05, 0) is 92.2 Å². The van der Waals surface area contributed by atoms with E-state index in [1.165, 1.54) is 0 Å². The van der Waals surface area contributed by atoms with E-state index in [0.717, 1.165) is 37.4 Å². The first kappa shape index (κ1) is 50.6. The van der Waals surface area contributed by atoms with Crippen molar-refractivity contribution in [3.8, 4) is 11.1 Å². The molecule has 2 amide bonds. The lowest BCUT2D eigenvalue weighted by Gasteiger charge is -2.37. The molecule has 2 fully saturated rings. The lowest BCUT2D eigenvalue weighted by atomic mass is 9.75. The molecular formula is C52H64N4O10S. The van der Waals surface area contributed by atoms with E-state index in [4.69, 9.17) is 23.9 Å². The van der Waals surface area contributed by atoms with Crippen LogP contribution in [0.15, 0.2) is 89.1 Å². The number of amidine groups is 1. The summed E-state index contributed by atoms with van der Waals surface area (Å²) in [5.74, 6) is -1.12. The maximum Gasteiger partial charge on any atom is 0.342 e. The fourth-order valence-corrected chi connectivity index (χ4v) is 10.9. The third-order valence-electron chi connectivity index (χ3n) is 12.8. The summed E-state index contributed by atoms with van der Waals surface area (Å²) >= 11 is 1.01. The van der Waals surface area contributed by atoms with Crippen LogP contribution in [0.25, 0.3) is 22.8 Å². The predicted octanol–water partition coefficient (Wildman–Crippen LogP) is 8.95. The summed E-state index contributed by atoms with van der Waals surface area (Å²) < 4.78 is 23.0. The molecule has 0 bridgehead atoms. The minimum Gasteiger partial charge on any atom is -0.464 e. The quantitative estimate of drug-likeness (QED) is 0.0332. The van der Waals surface area contributed by atoms with Gasteiger partial charge in [-0.15, -0.1) is 11.8 Å². The van der Waals surface area contributed by atoms with Gasteiger partial charge in [-0.2, -0.15) is 0 Å². The average Bonchev–Trinajstić information content (AvgIpc) is 3.82. The van der Waals surface area contributed by atoms with Crippen molar-refractivity contribution in [2.24, 2.45) is 40.5 Å². The van der Waals surface area contributed by atoms with E-state index in [0.29, 0.717) is 39.8 Å². The molecule has 1 aliphatic heterocycles. The van der Waals surface area contributed by atoms with Crippen molar-refractivity contribution in [2.45, 2.75) is 104 Å². The minimum absolute atomic E-state index is 0.0212. The molecule has 2 heterocycles. The van der Waals surface area contributed by atoms with Crippen LogP contribution in [0.5, 0.6) is 0 Å². The van der Waals surface area contributed by atoms with Gasteiger partial charge in [0.2, 0.25) is 5.91 Å². The van der Waals surface area contributed by atoms with E-state index in [1.807, 2.05) is 60.7 Å². The fraction of sp³-hybridized carbons (Fsp3) is 0.462. The molecule has 6 rings (SSSR count). The van der Waals surface area contributed by atoms with Crippen LogP contribution in [-0.2, 0) is 38.1 Å². The molecule has 6 unspecified atom stereocenters. The number of aliphatic imine (C=N–C) groups is 1. The van der Waals surface area contributed by atoms with E-state index < -0.39 is 47.3 Å². The summed E-state index contributed by atoms with van der Waals surface area (Å²) in [6.07, 6.45) is 4.44. The number of aliphatic hydroxyl groups is 1. The second kappa shape index (κ2) is 22.8. The number of aromatic nitrogens is 1. The van der Waals surface area contributed by atoms with Crippen molar-refractivity contribution in [1.29, 1.82) is 0 Å². The number of aliphatic hydroxyl groups excluding tert-OH is 1. The topological polar surface area (TPSA) is 195 Å². The number of benzene rings is 2. The molecule has 14 nitrogen and oxygen atoms in total. The van der Waals surface area contributed by atoms with Crippen molar-refractivity contribution in [1.82, 2.24) is 10.3 Å². The third-order valence-corrected chi connectivity index (χ3v) is 14.0. The summed E-state index contributed by atoms with van der Waals surface area (Å²) in [5.41, 5.74) is 2.04. The highest BCUT2D eigenvalue weighted by Gasteiger charge is 2.40. The molecular weight excluding hydrogens is 873 g/mol. The molecule has 3 aliphatic rings. The van der Waals surface area contributed by atoms with Crippen LogP contribution >= 0.6 is 11.8 Å². The Kier molecular flexibility index (Phi) is 17.2. The van der Waals surface area contributed by atoms with Gasteiger partial charge >= 0.3 is 11.9 Å². The number of amides is 2. The molecule has 0 radical (unpaired) electrons. The van der Waals surface area contributed by atoms with E-state index in [1.54, 1.807) is 19.9 Å². The summed E-state index contributed by atoms with van der Waals surface area (Å²) in [5, 5.41) is 14.4. The number of hydrogen-bond donors (Lipinski definition) is 4. The Morgan fingerprint density at radius 1 is 0.836 bits per heavy atom. The number of anilines is 1. The van der Waals surface area contributed by atoms with Gasteiger partial charge in [-0.3, -0.25) is 14.4 Å². The van der Waals surface area contributed by atoms with E-state index in [-0.39, 0.29) is 76.9 Å². The molecule has 15 heteroatoms. The van der Waals surface area contributed by atoms with Gasteiger partial charge in [0.15, 0.2) is 0 Å². The molecule has 2 saturated carbocycles. The van der Waals surface area contributed by atoms with Crippen LogP contribution in [0, 0.1) is 35.5 Å². The fourth-order valence-electron chi connectivity index (χ4n) is 10.0. The molecule has 3 aromatic rings. The van der Waals surface area contributed by atoms with Crippen LogP contribution in [0.2, 0.25) is 0 Å². The number of nitrogens with one attached hydrogen (secondary N) is 3. The summed E-state index contributed by atoms with van der Waals surface area (Å²) in [6, 6.07) is 18.4. The molecule has 1 aromatic heterocycles. The number of carbonyl (C=O) groups excluding carboxylic acids is 5. The number of hydrogen-bond acceptors (Lipinski definition) is 12. The summed E-state index contributed by atoms with van der Waals surface area (Å²) in [4.78, 5) is 76.5. The van der Waals surface area contributed by atoms with Crippen molar-refractivity contribution in [3.05, 3.63) is 101 Å². The number of esters is 2. The van der Waals surface area contributed by atoms with Gasteiger partial charge in [0.1, 0.15) is 53.8 Å². The number of rotatable bonds is 17. The highest BCUT2D eigenvalue weighted by molar-refractivity contribution is 8.01. The Hall–Kier alpha value is -5.77. The zero-order valence-corrected chi connectivity index (χ0v) is 40.4. The smallest absolute Gasteiger partial charge is 0.342 e. The van der Waals surface area contributed by atoms with Gasteiger partial charge in [-0.25, -0.2) is 14.6 Å². The van der Waals surface area contributed by atoms with Crippen LogP contribution in [0.3, 0.4) is 0 Å². The van der Waals surface area contributed by atoms with E-state index >= 15 is 0 Å². The van der Waals surface area contributed by atoms with Crippen LogP contribution in [-0.4, -0.2) is 82.4 Å². The zero-order valence-electron chi connectivity index (χ0n) is 39.6. The maximum absolute atomic E-state index is 14.9. The number of allylic oxidation sites excluding steroid dienone is 1. The molecule has 0 spiro atoms. The molecule has 0 saturated heterocycles. The number of H-pyrrole nitrogens is 1. The largest absolute Gasteiger partial charge is 0.464 e. The molecule has 67 heavy (non-hydrogen) atoms. The van der Waals surface area contributed by atoms with Crippen LogP contribution < -0.4 is 10.6 Å². The number of thioether (sulfide) groups is 1. The van der Waals surface area contributed by atoms with Gasteiger partial charge in [0.25, 0.3) is 12.4 Å². The van der Waals surface area contributed by atoms with Crippen molar-refractivity contribution < 1.29 is 48.0 Å². The first-order chi connectivity index (χ1) is 32.0. The molecule has 4 N–H and O–H groups in total. The number of nitrogens with zero attached hydrogens (tertiary/aromatic N) is 1. The van der Waals surface area contributed by atoms with Gasteiger partial charge in [0.05, 0.1) is 16.6 Å². The monoisotopic (exact) mass is 936 g/mol. The van der Waals surface area contributed by atoms with Crippen molar-refractivity contribution in [2.75, 3.05) is 18.7 Å². The molecule has 358 valence electrons. The van der Waals surface area contributed by atoms with Crippen LogP contribution in [0.4, 0.5) is 5.82 Å². The van der Waals surface area contributed by atoms with Crippen molar-refractivity contribution >= 4 is 65.3 Å². The van der Waals surface area contributed by atoms with Crippen LogP contribution in [0.1, 0.15) is 103 Å². The predicted molar refractivity (Wildman–Crippen MR) is 260 cm³/mol. The Balaban J connectivity index is 1.55. The van der Waals surface area contributed by atoms with Gasteiger partial charge in [0, 0.05) is 16.7 Å². The summed E-state index contributed by atoms with van der Waals surface area (Å²) in [6.45, 7) is 19.1. The molecule has 2 aromatic carbocycles. The Morgan fingerprint density at radius 2 is 1.37 bits per heavy atom. The lowest BCUT2D eigenvalue weighted by molar-refractivity contribution is -0.152. The highest BCUT2D eigenvalue weighted by Crippen LogP contribution is 2.43. The maximum atomic E-state index is 14.9. The van der Waals surface area contributed by atoms with E-state index in [9.17, 15) is 29.1 Å². The zero-order chi connectivity index (χ0) is 48.5. The van der Waals surface area contributed by atoms with Crippen molar-refractivity contribution in [3.63, 3.8) is 0 Å². The average molecular weight is 937 g/mol. The normalized spacial score (nSPS) is 25.4. The summed E-state index contributed by atoms with van der Waals surface area (Å²) in [7, 11) is 0. The first-order valence-electron chi connectivity index (χ1n) is 23.1. The Bertz CT molecular complexity index is 2370. The van der Waals surface area contributed by atoms with Gasteiger partial charge < -0.3 is 39.7 Å². The Labute approximate surface area is 397 Å². The molecule has 6 atom stereocenters. The lowest BCUT2D eigenvalue weighted by Crippen LogP contribution is -2.40. The Morgan fingerprint density at radius 3 is 1.90 bits per heavy atom. The molecule has 2 aliphatic carbocycles. The highest BCUT2D eigenvalue weighted by atomic mass is 32.2. The first-order valence-corrected chi connectivity index (χ1v) is 24.0. The second-order valence-corrected chi connectivity index (χ2v) is 20.1. The standard InChI is InChI=1S/C52H64N4O10S/c1-28(2)49(59)55-47-43(51(61)65-45-31(5)20-29(3)21-32(45)6)41(36-16-12-10-13-17-36)38(53-47)24-39-42(37-18-14-11-15-19-37)44(52(62)66-46-33(7)22-30(4)23-34(46)8)48(54-39)56-50(60)35(9)67-40(64-27-58)25-63-26-57/h10-19,24,26,29-35,40,45-46,54,58H,1,20-23,25,27H2,2-9H3,(H,56,60)(H,53,55,59). The third kappa shape index (κ3) is 12.2. The van der Waals surface area contributed by atoms with Gasteiger partial charge in [-0.1, -0.05) is 109 Å². The number of ether oxygens (including phenoxy) is 4. The minimum atomic E-state index is -0.877. The van der Waals surface area contributed by atoms with E-state index in [2.05, 4.69) is 63.7 Å². The number of carbonyl (C=O) groups is 5. The number of aromatic amines is 1.